The van der Waals surface area contributed by atoms with E-state index in [1.807, 2.05) is 48.7 Å². The van der Waals surface area contributed by atoms with Crippen LogP contribution in [0.5, 0.6) is 0 Å². The molecule has 1 aliphatic heterocycles. The molecule has 3 aromatic heterocycles. The van der Waals surface area contributed by atoms with E-state index in [1.54, 1.807) is 6.07 Å². The Balaban J connectivity index is 1.41. The van der Waals surface area contributed by atoms with Gasteiger partial charge in [0.2, 0.25) is 5.91 Å². The van der Waals surface area contributed by atoms with Gasteiger partial charge in [0.15, 0.2) is 0 Å². The number of carbonyl (C=O) groups excluding carboxylic acids is 2. The summed E-state index contributed by atoms with van der Waals surface area (Å²) in [5.41, 5.74) is 2.94. The van der Waals surface area contributed by atoms with Crippen molar-refractivity contribution in [3.05, 3.63) is 47.1 Å². The minimum Gasteiger partial charge on any atom is -0.361 e. The molecule has 8 heteroatoms. The second-order valence-corrected chi connectivity index (χ2v) is 7.65. The highest BCUT2D eigenvalue weighted by Gasteiger charge is 2.26. The predicted octanol–water partition coefficient (Wildman–Crippen LogP) is 2.49. The highest BCUT2D eigenvalue weighted by Crippen LogP contribution is 2.20. The van der Waals surface area contributed by atoms with E-state index < -0.39 is 0 Å². The topological polar surface area (TPSA) is 93.3 Å². The monoisotopic (exact) mass is 395 g/mol. The van der Waals surface area contributed by atoms with Crippen molar-refractivity contribution in [2.45, 2.75) is 45.7 Å². The van der Waals surface area contributed by atoms with Gasteiger partial charge in [-0.05, 0) is 44.9 Å². The van der Waals surface area contributed by atoms with Crippen molar-refractivity contribution >= 4 is 22.8 Å². The standard InChI is InChI=1S/C21H25N5O3/c1-13-17(14(2)29-24-13)12-26-11-9-16(5-7-19(26)27)22-21(28)18-6-4-15-8-10-25(3)20(15)23-18/h4,6,8,10,16H,5,7,9,11-12H2,1-3H3,(H,22,28). The molecule has 1 N–H and O–H groups in total. The molecule has 1 unspecified atom stereocenters. The lowest BCUT2D eigenvalue weighted by Crippen LogP contribution is -2.36. The molecule has 0 bridgehead atoms. The lowest BCUT2D eigenvalue weighted by Gasteiger charge is -2.21. The summed E-state index contributed by atoms with van der Waals surface area (Å²) >= 11 is 0. The van der Waals surface area contributed by atoms with Gasteiger partial charge in [-0.2, -0.15) is 0 Å². The summed E-state index contributed by atoms with van der Waals surface area (Å²) in [6.07, 6.45) is 3.64. The summed E-state index contributed by atoms with van der Waals surface area (Å²) in [7, 11) is 1.90. The average Bonchev–Trinajstić information content (AvgIpc) is 3.18. The van der Waals surface area contributed by atoms with Crippen LogP contribution >= 0.6 is 0 Å². The zero-order chi connectivity index (χ0) is 20.5. The number of aromatic nitrogens is 3. The largest absolute Gasteiger partial charge is 0.361 e. The fraction of sp³-hybridized carbons (Fsp3) is 0.429. The first kappa shape index (κ1) is 19.2. The van der Waals surface area contributed by atoms with E-state index >= 15 is 0 Å². The Kier molecular flexibility index (Phi) is 5.08. The van der Waals surface area contributed by atoms with Crippen LogP contribution in [-0.2, 0) is 18.4 Å². The van der Waals surface area contributed by atoms with Gasteiger partial charge >= 0.3 is 0 Å². The van der Waals surface area contributed by atoms with Gasteiger partial charge in [0.25, 0.3) is 5.91 Å². The number of pyridine rings is 1. The molecule has 1 aliphatic rings. The molecule has 0 aromatic carbocycles. The fourth-order valence-corrected chi connectivity index (χ4v) is 3.79. The number of nitrogens with zero attached hydrogens (tertiary/aromatic N) is 4. The molecule has 0 radical (unpaired) electrons. The summed E-state index contributed by atoms with van der Waals surface area (Å²) in [4.78, 5) is 31.6. The van der Waals surface area contributed by atoms with Gasteiger partial charge in [-0.1, -0.05) is 5.16 Å². The summed E-state index contributed by atoms with van der Waals surface area (Å²) in [5.74, 6) is 0.626. The maximum Gasteiger partial charge on any atom is 0.270 e. The van der Waals surface area contributed by atoms with Crippen LogP contribution in [0.4, 0.5) is 0 Å². The smallest absolute Gasteiger partial charge is 0.270 e. The Labute approximate surface area is 168 Å². The molecule has 0 spiro atoms. The quantitative estimate of drug-likeness (QED) is 0.733. The third-order valence-electron chi connectivity index (χ3n) is 5.62. The molecule has 0 aliphatic carbocycles. The van der Waals surface area contributed by atoms with Gasteiger partial charge in [0, 0.05) is 43.2 Å². The molecule has 3 aromatic rings. The average molecular weight is 395 g/mol. The number of amides is 2. The molecule has 1 saturated heterocycles. The van der Waals surface area contributed by atoms with Crippen LogP contribution in [0.25, 0.3) is 11.0 Å². The zero-order valence-electron chi connectivity index (χ0n) is 16.9. The fourth-order valence-electron chi connectivity index (χ4n) is 3.79. The van der Waals surface area contributed by atoms with Crippen LogP contribution in [0, 0.1) is 13.8 Å². The summed E-state index contributed by atoms with van der Waals surface area (Å²) in [6, 6.07) is 5.55. The Morgan fingerprint density at radius 2 is 2.10 bits per heavy atom. The molecule has 2 amide bonds. The molecule has 8 nitrogen and oxygen atoms in total. The van der Waals surface area contributed by atoms with Crippen LogP contribution in [-0.4, -0.2) is 44.0 Å². The lowest BCUT2D eigenvalue weighted by molar-refractivity contribution is -0.131. The van der Waals surface area contributed by atoms with Gasteiger partial charge in [-0.3, -0.25) is 9.59 Å². The SMILES string of the molecule is Cc1noc(C)c1CN1CCC(NC(=O)c2ccc3ccn(C)c3n2)CCC1=O. The third-order valence-corrected chi connectivity index (χ3v) is 5.62. The number of fused-ring (bicyclic) bond motifs is 1. The van der Waals surface area contributed by atoms with Crippen LogP contribution in [0.3, 0.4) is 0 Å². The molecule has 4 rings (SSSR count). The van der Waals surface area contributed by atoms with E-state index in [4.69, 9.17) is 4.52 Å². The molecule has 152 valence electrons. The summed E-state index contributed by atoms with van der Waals surface area (Å²) in [6.45, 7) is 4.81. The van der Waals surface area contributed by atoms with Crippen molar-refractivity contribution in [3.63, 3.8) is 0 Å². The minimum absolute atomic E-state index is 0.0629. The molecule has 1 fully saturated rings. The van der Waals surface area contributed by atoms with Crippen molar-refractivity contribution in [1.82, 2.24) is 24.9 Å². The number of aryl methyl sites for hydroxylation is 3. The highest BCUT2D eigenvalue weighted by atomic mass is 16.5. The molecular weight excluding hydrogens is 370 g/mol. The summed E-state index contributed by atoms with van der Waals surface area (Å²) in [5, 5.41) is 8.02. The van der Waals surface area contributed by atoms with Crippen molar-refractivity contribution in [1.29, 1.82) is 0 Å². The number of nitrogens with one attached hydrogen (secondary N) is 1. The van der Waals surface area contributed by atoms with Gasteiger partial charge in [-0.15, -0.1) is 0 Å². The lowest BCUT2D eigenvalue weighted by atomic mass is 10.1. The molecular formula is C21H25N5O3. The van der Waals surface area contributed by atoms with Gasteiger partial charge in [0.05, 0.1) is 12.2 Å². The Morgan fingerprint density at radius 3 is 2.86 bits per heavy atom. The van der Waals surface area contributed by atoms with E-state index in [0.29, 0.717) is 38.0 Å². The number of rotatable bonds is 4. The van der Waals surface area contributed by atoms with Crippen LogP contribution in [0.2, 0.25) is 0 Å². The normalized spacial score (nSPS) is 17.6. The number of likely N-dealkylation sites (tertiary alicyclic amines) is 1. The van der Waals surface area contributed by atoms with Crippen LogP contribution < -0.4 is 5.32 Å². The Morgan fingerprint density at radius 1 is 1.28 bits per heavy atom. The van der Waals surface area contributed by atoms with E-state index in [-0.39, 0.29) is 17.9 Å². The van der Waals surface area contributed by atoms with E-state index in [9.17, 15) is 9.59 Å². The Hall–Kier alpha value is -3.16. The predicted molar refractivity (Wildman–Crippen MR) is 107 cm³/mol. The number of hydrogen-bond donors (Lipinski definition) is 1. The molecule has 0 saturated carbocycles. The zero-order valence-corrected chi connectivity index (χ0v) is 16.9. The van der Waals surface area contributed by atoms with E-state index in [0.717, 1.165) is 28.1 Å². The van der Waals surface area contributed by atoms with Crippen LogP contribution in [0.15, 0.2) is 28.9 Å². The van der Waals surface area contributed by atoms with Crippen molar-refractivity contribution in [2.75, 3.05) is 6.54 Å². The van der Waals surface area contributed by atoms with E-state index in [2.05, 4.69) is 15.5 Å². The first-order valence-electron chi connectivity index (χ1n) is 9.85. The van der Waals surface area contributed by atoms with Gasteiger partial charge < -0.3 is 19.3 Å². The van der Waals surface area contributed by atoms with Gasteiger partial charge in [0.1, 0.15) is 17.1 Å². The number of hydrogen-bond acceptors (Lipinski definition) is 5. The third kappa shape index (κ3) is 3.87. The highest BCUT2D eigenvalue weighted by molar-refractivity contribution is 5.94. The second-order valence-electron chi connectivity index (χ2n) is 7.65. The summed E-state index contributed by atoms with van der Waals surface area (Å²) < 4.78 is 7.10. The van der Waals surface area contributed by atoms with Crippen molar-refractivity contribution in [2.24, 2.45) is 7.05 Å². The molecule has 1 atom stereocenters. The van der Waals surface area contributed by atoms with Crippen molar-refractivity contribution in [3.8, 4) is 0 Å². The first-order valence-corrected chi connectivity index (χ1v) is 9.85. The van der Waals surface area contributed by atoms with E-state index in [1.165, 1.54) is 0 Å². The van der Waals surface area contributed by atoms with Crippen molar-refractivity contribution < 1.29 is 14.1 Å². The maximum atomic E-state index is 12.7. The van der Waals surface area contributed by atoms with Crippen LogP contribution in [0.1, 0.15) is 46.8 Å². The second kappa shape index (κ2) is 7.69. The number of carbonyl (C=O) groups is 2. The molecule has 29 heavy (non-hydrogen) atoms. The maximum absolute atomic E-state index is 12.7. The Bertz CT molecular complexity index is 1050. The minimum atomic E-state index is -0.204. The van der Waals surface area contributed by atoms with Gasteiger partial charge in [-0.25, -0.2) is 4.98 Å². The first-order chi connectivity index (χ1) is 13.9. The molecule has 4 heterocycles.